The molecule has 0 saturated carbocycles. The van der Waals surface area contributed by atoms with Crippen LogP contribution in [0.1, 0.15) is 15.9 Å². The second-order valence-electron chi connectivity index (χ2n) is 4.24. The van der Waals surface area contributed by atoms with Crippen LogP contribution in [0, 0.1) is 11.3 Å². The van der Waals surface area contributed by atoms with Gasteiger partial charge in [0.2, 0.25) is 0 Å². The van der Waals surface area contributed by atoms with E-state index in [2.05, 4.69) is 6.07 Å². The van der Waals surface area contributed by atoms with Crippen molar-refractivity contribution in [2.75, 3.05) is 0 Å². The number of hydrogen-bond acceptors (Lipinski definition) is 2. The van der Waals surface area contributed by atoms with Crippen molar-refractivity contribution in [1.29, 1.82) is 5.26 Å². The second-order valence-corrected chi connectivity index (χ2v) is 4.24. The van der Waals surface area contributed by atoms with E-state index in [1.54, 1.807) is 35.0 Å². The maximum absolute atomic E-state index is 12.4. The first-order chi connectivity index (χ1) is 9.29. The first kappa shape index (κ1) is 11.2. The molecule has 0 fully saturated rings. The molecule has 0 atom stereocenters. The van der Waals surface area contributed by atoms with Gasteiger partial charge in [-0.15, -0.1) is 0 Å². The number of nitriles is 1. The van der Waals surface area contributed by atoms with E-state index in [-0.39, 0.29) is 5.91 Å². The van der Waals surface area contributed by atoms with E-state index >= 15 is 0 Å². The highest BCUT2D eigenvalue weighted by molar-refractivity contribution is 6.02. The predicted octanol–water partition coefficient (Wildman–Crippen LogP) is 3.20. The lowest BCUT2D eigenvalue weighted by molar-refractivity contribution is 0.0965. The van der Waals surface area contributed by atoms with Gasteiger partial charge in [-0.1, -0.05) is 24.3 Å². The number of carbonyl (C=O) groups excluding carboxylic acids is 1. The fourth-order valence-corrected chi connectivity index (χ4v) is 2.09. The summed E-state index contributed by atoms with van der Waals surface area (Å²) in [5.74, 6) is -0.0920. The lowest BCUT2D eigenvalue weighted by Gasteiger charge is -2.04. The molecule has 0 saturated heterocycles. The van der Waals surface area contributed by atoms with E-state index in [1.165, 1.54) is 0 Å². The van der Waals surface area contributed by atoms with Crippen molar-refractivity contribution < 1.29 is 4.79 Å². The van der Waals surface area contributed by atoms with E-state index < -0.39 is 0 Å². The van der Waals surface area contributed by atoms with Crippen LogP contribution in [0.2, 0.25) is 0 Å². The minimum Gasteiger partial charge on any atom is -0.283 e. The highest BCUT2D eigenvalue weighted by Crippen LogP contribution is 2.18. The largest absolute Gasteiger partial charge is 0.283 e. The number of benzene rings is 2. The zero-order valence-corrected chi connectivity index (χ0v) is 10.1. The number of hydrogen-bond donors (Lipinski definition) is 0. The summed E-state index contributed by atoms with van der Waals surface area (Å²) in [4.78, 5) is 12.4. The molecule has 0 radical (unpaired) electrons. The number of rotatable bonds is 1. The third kappa shape index (κ3) is 1.90. The van der Waals surface area contributed by atoms with Crippen molar-refractivity contribution in [3.8, 4) is 6.07 Å². The van der Waals surface area contributed by atoms with Crippen LogP contribution >= 0.6 is 0 Å². The molecule has 0 spiro atoms. The Kier molecular flexibility index (Phi) is 2.62. The molecule has 0 amide bonds. The van der Waals surface area contributed by atoms with Crippen molar-refractivity contribution in [1.82, 2.24) is 4.57 Å². The van der Waals surface area contributed by atoms with Crippen LogP contribution in [-0.4, -0.2) is 10.5 Å². The maximum Gasteiger partial charge on any atom is 0.262 e. The summed E-state index contributed by atoms with van der Waals surface area (Å²) in [5, 5.41) is 9.88. The van der Waals surface area contributed by atoms with Gasteiger partial charge in [0.1, 0.15) is 0 Å². The molecule has 1 heterocycles. The molecule has 19 heavy (non-hydrogen) atoms. The van der Waals surface area contributed by atoms with Gasteiger partial charge < -0.3 is 0 Å². The summed E-state index contributed by atoms with van der Waals surface area (Å²) >= 11 is 0. The molecule has 2 aromatic carbocycles. The van der Waals surface area contributed by atoms with Crippen LogP contribution in [0.4, 0.5) is 0 Å². The van der Waals surface area contributed by atoms with Gasteiger partial charge in [-0.3, -0.25) is 9.36 Å². The number of fused-ring (bicyclic) bond motifs is 1. The molecule has 0 N–H and O–H groups in total. The van der Waals surface area contributed by atoms with Gasteiger partial charge in [-0.25, -0.2) is 0 Å². The quantitative estimate of drug-likeness (QED) is 0.662. The second kappa shape index (κ2) is 4.43. The van der Waals surface area contributed by atoms with Crippen molar-refractivity contribution in [3.05, 3.63) is 71.9 Å². The predicted molar refractivity (Wildman–Crippen MR) is 72.8 cm³/mol. The fourth-order valence-electron chi connectivity index (χ4n) is 2.09. The zero-order valence-electron chi connectivity index (χ0n) is 10.1. The first-order valence-electron chi connectivity index (χ1n) is 5.90. The Balaban J connectivity index is 2.16. The van der Waals surface area contributed by atoms with Crippen molar-refractivity contribution in [2.45, 2.75) is 0 Å². The Morgan fingerprint density at radius 3 is 2.58 bits per heavy atom. The van der Waals surface area contributed by atoms with Gasteiger partial charge >= 0.3 is 0 Å². The van der Waals surface area contributed by atoms with E-state index in [9.17, 15) is 4.79 Å². The van der Waals surface area contributed by atoms with E-state index in [1.807, 2.05) is 30.3 Å². The van der Waals surface area contributed by atoms with Gasteiger partial charge in [-0.2, -0.15) is 5.26 Å². The molecule has 0 aliphatic heterocycles. The van der Waals surface area contributed by atoms with Gasteiger partial charge in [0.25, 0.3) is 5.91 Å². The van der Waals surface area contributed by atoms with Gasteiger partial charge in [0.15, 0.2) is 0 Å². The smallest absolute Gasteiger partial charge is 0.262 e. The molecule has 3 nitrogen and oxygen atoms in total. The van der Waals surface area contributed by atoms with Crippen molar-refractivity contribution >= 4 is 16.8 Å². The molecule has 90 valence electrons. The third-order valence-corrected chi connectivity index (χ3v) is 3.06. The molecular formula is C16H10N2O. The summed E-state index contributed by atoms with van der Waals surface area (Å²) in [6.45, 7) is 0. The monoisotopic (exact) mass is 246 g/mol. The Bertz CT molecular complexity index is 794. The highest BCUT2D eigenvalue weighted by atomic mass is 16.2. The SMILES string of the molecule is N#Cc1ccc2ccn(C(=O)c3ccccc3)c2c1. The number of nitrogens with zero attached hydrogens (tertiary/aromatic N) is 2. The van der Waals surface area contributed by atoms with Gasteiger partial charge in [-0.05, 0) is 30.3 Å². The minimum absolute atomic E-state index is 0.0920. The molecule has 3 rings (SSSR count). The standard InChI is InChI=1S/C16H10N2O/c17-11-12-6-7-13-8-9-18(15(13)10-12)16(19)14-4-2-1-3-5-14/h1-10H. The number of carbonyl (C=O) groups is 1. The Labute approximate surface area is 110 Å². The molecule has 3 heteroatoms. The molecular weight excluding hydrogens is 236 g/mol. The van der Waals surface area contributed by atoms with Crippen molar-refractivity contribution in [2.24, 2.45) is 0 Å². The average Bonchev–Trinajstić information content (AvgIpc) is 2.90. The van der Waals surface area contributed by atoms with Crippen LogP contribution < -0.4 is 0 Å². The molecule has 3 aromatic rings. The van der Waals surface area contributed by atoms with Gasteiger partial charge in [0.05, 0.1) is 17.1 Å². The summed E-state index contributed by atoms with van der Waals surface area (Å²) in [7, 11) is 0. The molecule has 0 bridgehead atoms. The highest BCUT2D eigenvalue weighted by Gasteiger charge is 2.11. The van der Waals surface area contributed by atoms with Crippen LogP contribution in [0.25, 0.3) is 10.9 Å². The topological polar surface area (TPSA) is 45.8 Å². The lowest BCUT2D eigenvalue weighted by Crippen LogP contribution is -2.10. The summed E-state index contributed by atoms with van der Waals surface area (Å²) in [6.07, 6.45) is 1.74. The number of aromatic nitrogens is 1. The third-order valence-electron chi connectivity index (χ3n) is 3.06. The molecule has 0 aliphatic carbocycles. The maximum atomic E-state index is 12.4. The lowest BCUT2D eigenvalue weighted by atomic mass is 10.1. The van der Waals surface area contributed by atoms with E-state index in [4.69, 9.17) is 5.26 Å². The minimum atomic E-state index is -0.0920. The fraction of sp³-hybridized carbons (Fsp3) is 0. The summed E-state index contributed by atoms with van der Waals surface area (Å²) in [6, 6.07) is 18.4. The summed E-state index contributed by atoms with van der Waals surface area (Å²) in [5.41, 5.74) is 1.93. The van der Waals surface area contributed by atoms with Crippen molar-refractivity contribution in [3.63, 3.8) is 0 Å². The Morgan fingerprint density at radius 2 is 1.84 bits per heavy atom. The van der Waals surface area contributed by atoms with Crippen LogP contribution in [0.3, 0.4) is 0 Å². The Hall–Kier alpha value is -2.86. The molecule has 0 aliphatic rings. The average molecular weight is 246 g/mol. The van der Waals surface area contributed by atoms with E-state index in [0.29, 0.717) is 11.1 Å². The van der Waals surface area contributed by atoms with Crippen LogP contribution in [0.15, 0.2) is 60.8 Å². The Morgan fingerprint density at radius 1 is 1.05 bits per heavy atom. The van der Waals surface area contributed by atoms with Gasteiger partial charge in [0, 0.05) is 17.1 Å². The molecule has 0 unspecified atom stereocenters. The van der Waals surface area contributed by atoms with Crippen LogP contribution in [-0.2, 0) is 0 Å². The van der Waals surface area contributed by atoms with E-state index in [0.717, 1.165) is 10.9 Å². The normalized spacial score (nSPS) is 10.3. The molecule has 1 aromatic heterocycles. The summed E-state index contributed by atoms with van der Waals surface area (Å²) < 4.78 is 1.57. The first-order valence-corrected chi connectivity index (χ1v) is 5.90. The zero-order chi connectivity index (χ0) is 13.2. The van der Waals surface area contributed by atoms with Crippen LogP contribution in [0.5, 0.6) is 0 Å².